The van der Waals surface area contributed by atoms with Gasteiger partial charge in [-0.25, -0.2) is 0 Å². The first-order valence-corrected chi connectivity index (χ1v) is 10.2. The number of aromatic nitrogens is 1. The Balaban J connectivity index is 1.63. The first-order valence-electron chi connectivity index (χ1n) is 10.2. The number of nitrogens with zero attached hydrogens (tertiary/aromatic N) is 1. The summed E-state index contributed by atoms with van der Waals surface area (Å²) in [5.74, 6) is -1.73. The number of carbonyl (C=O) groups excluding carboxylic acids is 3. The lowest BCUT2D eigenvalue weighted by molar-refractivity contribution is -0.140. The van der Waals surface area contributed by atoms with Gasteiger partial charge in [0.05, 0.1) is 6.07 Å². The Bertz CT molecular complexity index is 872. The molecule has 0 spiro atoms. The number of carbonyl (C=O) groups is 3. The summed E-state index contributed by atoms with van der Waals surface area (Å²) >= 11 is 0. The fourth-order valence-corrected chi connectivity index (χ4v) is 3.61. The number of hydrogen-bond acceptors (Lipinski definition) is 4. The van der Waals surface area contributed by atoms with E-state index in [0.717, 1.165) is 31.4 Å². The predicted molar refractivity (Wildman–Crippen MR) is 102 cm³/mol. The van der Waals surface area contributed by atoms with Crippen LogP contribution in [0.25, 0.3) is 0 Å². The third-order valence-corrected chi connectivity index (χ3v) is 5.52. The molecular weight excluding hydrogens is 415 g/mol. The molecule has 1 aromatic heterocycles. The first-order chi connectivity index (χ1) is 14.7. The van der Waals surface area contributed by atoms with E-state index in [0.29, 0.717) is 19.4 Å². The molecule has 11 heteroatoms. The second-order valence-electron chi connectivity index (χ2n) is 8.04. The average Bonchev–Trinajstić information content (AvgIpc) is 3.37. The molecule has 1 aliphatic carbocycles. The molecule has 2 fully saturated rings. The maximum atomic E-state index is 12.8. The van der Waals surface area contributed by atoms with Crippen LogP contribution in [0.2, 0.25) is 0 Å². The highest BCUT2D eigenvalue weighted by atomic mass is 19.4. The topological polar surface area (TPSA) is 127 Å². The second-order valence-corrected chi connectivity index (χ2v) is 8.04. The zero-order valence-corrected chi connectivity index (χ0v) is 16.7. The number of hydrogen-bond donors (Lipinski definition) is 4. The number of alkyl halides is 3. The Labute approximate surface area is 176 Å². The molecule has 0 radical (unpaired) electrons. The molecular formula is C20H24F3N5O3. The van der Waals surface area contributed by atoms with Crippen LogP contribution in [0.4, 0.5) is 13.2 Å². The Kier molecular flexibility index (Phi) is 6.87. The highest BCUT2D eigenvalue weighted by Crippen LogP contribution is 2.34. The highest BCUT2D eigenvalue weighted by molar-refractivity contribution is 5.96. The molecule has 2 aliphatic rings. The van der Waals surface area contributed by atoms with Crippen LogP contribution >= 0.6 is 0 Å². The van der Waals surface area contributed by atoms with Gasteiger partial charge in [-0.2, -0.15) is 18.4 Å². The standard InChI is InChI=1S/C20H24F3N5O3/c21-20(22,23)16-6-5-14(27-16)18(30)28-15(8-11-3-4-11)19(31)26-13(10-24)9-12-2-1-7-25-17(12)29/h5-6,11-13,15,27H,1-4,7-9H2,(H,25,29)(H,26,31)(H,28,30). The fourth-order valence-electron chi connectivity index (χ4n) is 3.61. The van der Waals surface area contributed by atoms with E-state index in [1.165, 1.54) is 0 Å². The lowest BCUT2D eigenvalue weighted by Gasteiger charge is -2.25. The van der Waals surface area contributed by atoms with Gasteiger partial charge in [0.25, 0.3) is 5.91 Å². The van der Waals surface area contributed by atoms with Crippen LogP contribution < -0.4 is 16.0 Å². The minimum atomic E-state index is -4.62. The van der Waals surface area contributed by atoms with Gasteiger partial charge >= 0.3 is 6.18 Å². The van der Waals surface area contributed by atoms with E-state index in [-0.39, 0.29) is 29.9 Å². The van der Waals surface area contributed by atoms with Crippen molar-refractivity contribution in [2.24, 2.45) is 11.8 Å². The largest absolute Gasteiger partial charge is 0.431 e. The summed E-state index contributed by atoms with van der Waals surface area (Å²) in [5, 5.41) is 17.2. The number of rotatable bonds is 8. The minimum absolute atomic E-state index is 0.156. The molecule has 2 heterocycles. The van der Waals surface area contributed by atoms with Crippen LogP contribution in [0.1, 0.15) is 54.7 Å². The van der Waals surface area contributed by atoms with Gasteiger partial charge in [-0.15, -0.1) is 0 Å². The monoisotopic (exact) mass is 439 g/mol. The number of H-pyrrole nitrogens is 1. The summed E-state index contributed by atoms with van der Waals surface area (Å²) in [6.07, 6.45) is -0.936. The number of halogens is 3. The summed E-state index contributed by atoms with van der Waals surface area (Å²) in [6, 6.07) is 1.83. The predicted octanol–water partition coefficient (Wildman–Crippen LogP) is 1.86. The van der Waals surface area contributed by atoms with Gasteiger partial charge in [0, 0.05) is 12.5 Å². The summed E-state index contributed by atoms with van der Waals surface area (Å²) in [5.41, 5.74) is -1.37. The van der Waals surface area contributed by atoms with Crippen LogP contribution in [0.5, 0.6) is 0 Å². The van der Waals surface area contributed by atoms with Crippen LogP contribution in [0, 0.1) is 23.2 Å². The molecule has 1 aromatic rings. The van der Waals surface area contributed by atoms with E-state index in [4.69, 9.17) is 0 Å². The van der Waals surface area contributed by atoms with Gasteiger partial charge in [0.1, 0.15) is 23.5 Å². The molecule has 31 heavy (non-hydrogen) atoms. The van der Waals surface area contributed by atoms with E-state index in [1.807, 2.05) is 11.1 Å². The third-order valence-electron chi connectivity index (χ3n) is 5.52. The lowest BCUT2D eigenvalue weighted by Crippen LogP contribution is -2.50. The van der Waals surface area contributed by atoms with Crippen LogP contribution in [-0.4, -0.2) is 41.3 Å². The number of nitriles is 1. The zero-order chi connectivity index (χ0) is 22.6. The smallest absolute Gasteiger partial charge is 0.356 e. The molecule has 1 saturated heterocycles. The summed E-state index contributed by atoms with van der Waals surface area (Å²) in [4.78, 5) is 39.1. The Morgan fingerprint density at radius 1 is 1.19 bits per heavy atom. The summed E-state index contributed by atoms with van der Waals surface area (Å²) in [7, 11) is 0. The Hall–Kier alpha value is -3.03. The molecule has 0 aromatic carbocycles. The van der Waals surface area contributed by atoms with Crippen molar-refractivity contribution in [2.45, 2.75) is 56.8 Å². The molecule has 8 nitrogen and oxygen atoms in total. The van der Waals surface area contributed by atoms with Gasteiger partial charge in [-0.1, -0.05) is 12.8 Å². The van der Waals surface area contributed by atoms with Crippen molar-refractivity contribution in [1.82, 2.24) is 20.9 Å². The van der Waals surface area contributed by atoms with Crippen molar-refractivity contribution in [1.29, 1.82) is 5.26 Å². The van der Waals surface area contributed by atoms with Gasteiger partial charge in [-0.3, -0.25) is 14.4 Å². The number of aromatic amines is 1. The van der Waals surface area contributed by atoms with Crippen LogP contribution in [0.3, 0.4) is 0 Å². The normalized spacial score (nSPS) is 20.8. The number of piperidine rings is 1. The van der Waals surface area contributed by atoms with E-state index in [1.54, 1.807) is 0 Å². The maximum Gasteiger partial charge on any atom is 0.431 e. The van der Waals surface area contributed by atoms with Gasteiger partial charge in [0.2, 0.25) is 11.8 Å². The Morgan fingerprint density at radius 2 is 1.94 bits per heavy atom. The summed E-state index contributed by atoms with van der Waals surface area (Å²) in [6.45, 7) is 0.587. The highest BCUT2D eigenvalue weighted by Gasteiger charge is 2.35. The molecule has 3 rings (SSSR count). The maximum absolute atomic E-state index is 12.8. The van der Waals surface area contributed by atoms with E-state index in [2.05, 4.69) is 16.0 Å². The molecule has 1 aliphatic heterocycles. The zero-order valence-electron chi connectivity index (χ0n) is 16.7. The fraction of sp³-hybridized carbons (Fsp3) is 0.600. The quantitative estimate of drug-likeness (QED) is 0.493. The molecule has 0 bridgehead atoms. The summed E-state index contributed by atoms with van der Waals surface area (Å²) < 4.78 is 38.3. The molecule has 3 atom stereocenters. The second kappa shape index (κ2) is 9.41. The van der Waals surface area contributed by atoms with Gasteiger partial charge in [0.15, 0.2) is 0 Å². The van der Waals surface area contributed by atoms with Crippen molar-refractivity contribution in [3.05, 3.63) is 23.5 Å². The molecule has 3 amide bonds. The van der Waals surface area contributed by atoms with E-state index < -0.39 is 35.8 Å². The number of nitrogens with one attached hydrogen (secondary N) is 4. The van der Waals surface area contributed by atoms with Crippen molar-refractivity contribution >= 4 is 17.7 Å². The van der Waals surface area contributed by atoms with Crippen molar-refractivity contribution in [3.8, 4) is 6.07 Å². The van der Waals surface area contributed by atoms with Crippen molar-refractivity contribution in [2.75, 3.05) is 6.54 Å². The number of amides is 3. The van der Waals surface area contributed by atoms with Gasteiger partial charge in [-0.05, 0) is 43.7 Å². The third kappa shape index (κ3) is 6.23. The van der Waals surface area contributed by atoms with Gasteiger partial charge < -0.3 is 20.9 Å². The van der Waals surface area contributed by atoms with Crippen molar-refractivity contribution < 1.29 is 27.6 Å². The first kappa shape index (κ1) is 22.7. The minimum Gasteiger partial charge on any atom is -0.356 e. The molecule has 168 valence electrons. The molecule has 1 saturated carbocycles. The Morgan fingerprint density at radius 3 is 2.52 bits per heavy atom. The van der Waals surface area contributed by atoms with E-state index >= 15 is 0 Å². The van der Waals surface area contributed by atoms with Crippen molar-refractivity contribution in [3.63, 3.8) is 0 Å². The lowest BCUT2D eigenvalue weighted by atomic mass is 9.92. The van der Waals surface area contributed by atoms with E-state index in [9.17, 15) is 32.8 Å². The molecule has 3 unspecified atom stereocenters. The SMILES string of the molecule is N#CC(CC1CCCNC1=O)NC(=O)C(CC1CC1)NC(=O)c1ccc(C(F)(F)F)[nH]1. The average molecular weight is 439 g/mol. The molecule has 4 N–H and O–H groups in total. The van der Waals surface area contributed by atoms with Crippen LogP contribution in [-0.2, 0) is 15.8 Å². The van der Waals surface area contributed by atoms with Crippen LogP contribution in [0.15, 0.2) is 12.1 Å².